The van der Waals surface area contributed by atoms with Crippen molar-refractivity contribution in [3.05, 3.63) is 35.6 Å². The number of nitrogens with one attached hydrogen (secondary N) is 2. The maximum Gasteiger partial charge on any atom is 0.328 e. The summed E-state index contributed by atoms with van der Waals surface area (Å²) in [5.41, 5.74) is 0.686. The first kappa shape index (κ1) is 18.6. The maximum atomic E-state index is 12.9. The summed E-state index contributed by atoms with van der Waals surface area (Å²) >= 11 is 0. The van der Waals surface area contributed by atoms with Crippen molar-refractivity contribution in [1.29, 1.82) is 0 Å². The fourth-order valence-corrected chi connectivity index (χ4v) is 2.05. The van der Waals surface area contributed by atoms with E-state index in [1.165, 1.54) is 38.3 Å². The quantitative estimate of drug-likeness (QED) is 0.731. The molecular weight excluding hydrogens is 303 g/mol. The smallest absolute Gasteiger partial charge is 0.328 e. The minimum absolute atomic E-state index is 0.184. The van der Waals surface area contributed by atoms with E-state index in [4.69, 9.17) is 0 Å². The minimum Gasteiger partial charge on any atom is -0.467 e. The number of methoxy groups -OCH3 is 1. The van der Waals surface area contributed by atoms with Crippen LogP contribution in [0, 0.1) is 5.82 Å². The molecule has 0 heterocycles. The first-order valence-electron chi connectivity index (χ1n) is 7.27. The van der Waals surface area contributed by atoms with Crippen molar-refractivity contribution in [2.75, 3.05) is 7.11 Å². The number of hydrogen-bond acceptors (Lipinski definition) is 4. The number of amides is 2. The molecule has 0 radical (unpaired) electrons. The van der Waals surface area contributed by atoms with Gasteiger partial charge in [0, 0.05) is 13.3 Å². The lowest BCUT2D eigenvalue weighted by Crippen LogP contribution is -2.52. The molecule has 23 heavy (non-hydrogen) atoms. The molecule has 2 N–H and O–H groups in total. The van der Waals surface area contributed by atoms with Gasteiger partial charge in [0.1, 0.15) is 17.9 Å². The Morgan fingerprint density at radius 3 is 2.22 bits per heavy atom. The number of carbonyl (C=O) groups excluding carboxylic acids is 3. The van der Waals surface area contributed by atoms with Gasteiger partial charge in [-0.3, -0.25) is 9.59 Å². The van der Waals surface area contributed by atoms with E-state index in [-0.39, 0.29) is 18.1 Å². The SMILES string of the molecule is CC[C@H](NC(=O)[C@H](Cc1ccc(F)cc1)NC(C)=O)C(=O)OC. The van der Waals surface area contributed by atoms with Crippen molar-refractivity contribution in [1.82, 2.24) is 10.6 Å². The zero-order valence-corrected chi connectivity index (χ0v) is 13.4. The Balaban J connectivity index is 2.83. The number of carbonyl (C=O) groups is 3. The summed E-state index contributed by atoms with van der Waals surface area (Å²) in [4.78, 5) is 35.2. The van der Waals surface area contributed by atoms with E-state index in [9.17, 15) is 18.8 Å². The lowest BCUT2D eigenvalue weighted by atomic mass is 10.0. The van der Waals surface area contributed by atoms with Crippen LogP contribution >= 0.6 is 0 Å². The summed E-state index contributed by atoms with van der Waals surface area (Å²) in [6.07, 6.45) is 0.547. The predicted octanol–water partition coefficient (Wildman–Crippen LogP) is 0.941. The molecular formula is C16H21FN2O4. The molecule has 1 aromatic carbocycles. The van der Waals surface area contributed by atoms with Crippen LogP contribution in [-0.2, 0) is 25.5 Å². The van der Waals surface area contributed by atoms with Gasteiger partial charge >= 0.3 is 5.97 Å². The van der Waals surface area contributed by atoms with E-state index >= 15 is 0 Å². The van der Waals surface area contributed by atoms with Crippen molar-refractivity contribution in [3.8, 4) is 0 Å². The van der Waals surface area contributed by atoms with Gasteiger partial charge in [-0.05, 0) is 24.1 Å². The van der Waals surface area contributed by atoms with Gasteiger partial charge < -0.3 is 15.4 Å². The first-order valence-corrected chi connectivity index (χ1v) is 7.27. The van der Waals surface area contributed by atoms with E-state index in [0.717, 1.165) is 0 Å². The van der Waals surface area contributed by atoms with Gasteiger partial charge in [-0.15, -0.1) is 0 Å². The molecule has 0 saturated carbocycles. The average molecular weight is 324 g/mol. The fraction of sp³-hybridized carbons (Fsp3) is 0.438. The highest BCUT2D eigenvalue weighted by molar-refractivity contribution is 5.90. The van der Waals surface area contributed by atoms with Gasteiger partial charge in [-0.25, -0.2) is 9.18 Å². The number of benzene rings is 1. The molecule has 0 aliphatic rings. The Bertz CT molecular complexity index is 560. The van der Waals surface area contributed by atoms with E-state index < -0.39 is 24.0 Å². The molecule has 2 atom stereocenters. The zero-order chi connectivity index (χ0) is 17.4. The molecule has 0 saturated heterocycles. The van der Waals surface area contributed by atoms with Gasteiger partial charge in [0.2, 0.25) is 11.8 Å². The Kier molecular flexibility index (Phi) is 7.18. The molecule has 1 aromatic rings. The molecule has 126 valence electrons. The van der Waals surface area contributed by atoms with Gasteiger partial charge in [0.15, 0.2) is 0 Å². The van der Waals surface area contributed by atoms with Gasteiger partial charge in [-0.2, -0.15) is 0 Å². The van der Waals surface area contributed by atoms with Crippen LogP contribution in [0.4, 0.5) is 4.39 Å². The van der Waals surface area contributed by atoms with E-state index in [0.29, 0.717) is 12.0 Å². The van der Waals surface area contributed by atoms with E-state index in [1.807, 2.05) is 0 Å². The highest BCUT2D eigenvalue weighted by Crippen LogP contribution is 2.07. The molecule has 6 nitrogen and oxygen atoms in total. The van der Waals surface area contributed by atoms with Crippen LogP contribution in [0.2, 0.25) is 0 Å². The van der Waals surface area contributed by atoms with E-state index in [2.05, 4.69) is 15.4 Å². The van der Waals surface area contributed by atoms with Crippen molar-refractivity contribution in [2.24, 2.45) is 0 Å². The average Bonchev–Trinajstić information content (AvgIpc) is 2.52. The molecule has 0 aromatic heterocycles. The Labute approximate surface area is 134 Å². The third-order valence-electron chi connectivity index (χ3n) is 3.26. The number of ether oxygens (including phenoxy) is 1. The van der Waals surface area contributed by atoms with Crippen LogP contribution in [0.15, 0.2) is 24.3 Å². The molecule has 0 spiro atoms. The first-order chi connectivity index (χ1) is 10.9. The Hall–Kier alpha value is -2.44. The Morgan fingerprint density at radius 1 is 1.13 bits per heavy atom. The molecule has 1 rings (SSSR count). The van der Waals surface area contributed by atoms with Gasteiger partial charge in [-0.1, -0.05) is 19.1 Å². The van der Waals surface area contributed by atoms with Crippen molar-refractivity contribution >= 4 is 17.8 Å². The molecule has 7 heteroatoms. The predicted molar refractivity (Wildman–Crippen MR) is 81.9 cm³/mol. The third-order valence-corrected chi connectivity index (χ3v) is 3.26. The summed E-state index contributed by atoms with van der Waals surface area (Å²) < 4.78 is 17.6. The second kappa shape index (κ2) is 8.87. The number of hydrogen-bond donors (Lipinski definition) is 2. The maximum absolute atomic E-state index is 12.9. The summed E-state index contributed by atoms with van der Waals surface area (Å²) in [6, 6.07) is 3.99. The summed E-state index contributed by atoms with van der Waals surface area (Å²) in [5, 5.41) is 5.08. The number of esters is 1. The second-order valence-electron chi connectivity index (χ2n) is 5.08. The summed E-state index contributed by atoms with van der Waals surface area (Å²) in [5.74, 6) is -1.81. The Morgan fingerprint density at radius 2 is 1.74 bits per heavy atom. The van der Waals surface area contributed by atoms with Crippen molar-refractivity contribution in [3.63, 3.8) is 0 Å². The molecule has 0 fully saturated rings. The highest BCUT2D eigenvalue weighted by atomic mass is 19.1. The van der Waals surface area contributed by atoms with Crippen LogP contribution in [0.5, 0.6) is 0 Å². The van der Waals surface area contributed by atoms with Crippen molar-refractivity contribution in [2.45, 2.75) is 38.8 Å². The van der Waals surface area contributed by atoms with E-state index in [1.54, 1.807) is 6.92 Å². The molecule has 0 aliphatic heterocycles. The van der Waals surface area contributed by atoms with Crippen LogP contribution in [0.1, 0.15) is 25.8 Å². The van der Waals surface area contributed by atoms with Gasteiger partial charge in [0.25, 0.3) is 0 Å². The summed E-state index contributed by atoms with van der Waals surface area (Å²) in [7, 11) is 1.24. The van der Waals surface area contributed by atoms with Crippen LogP contribution in [0.25, 0.3) is 0 Å². The highest BCUT2D eigenvalue weighted by Gasteiger charge is 2.25. The lowest BCUT2D eigenvalue weighted by molar-refractivity contribution is -0.145. The molecule has 0 unspecified atom stereocenters. The van der Waals surface area contributed by atoms with Crippen molar-refractivity contribution < 1.29 is 23.5 Å². The zero-order valence-electron chi connectivity index (χ0n) is 13.4. The topological polar surface area (TPSA) is 84.5 Å². The fourth-order valence-electron chi connectivity index (χ4n) is 2.05. The van der Waals surface area contributed by atoms with Crippen LogP contribution in [0.3, 0.4) is 0 Å². The normalized spacial score (nSPS) is 12.9. The largest absolute Gasteiger partial charge is 0.467 e. The van der Waals surface area contributed by atoms with Gasteiger partial charge in [0.05, 0.1) is 7.11 Å². The second-order valence-corrected chi connectivity index (χ2v) is 5.08. The van der Waals surface area contributed by atoms with Crippen LogP contribution < -0.4 is 10.6 Å². The molecule has 0 bridgehead atoms. The lowest BCUT2D eigenvalue weighted by Gasteiger charge is -2.21. The summed E-state index contributed by atoms with van der Waals surface area (Å²) in [6.45, 7) is 3.03. The standard InChI is InChI=1S/C16H21FN2O4/c1-4-13(16(22)23-3)19-15(21)14(18-10(2)20)9-11-5-7-12(17)8-6-11/h5-8,13-14H,4,9H2,1-3H3,(H,18,20)(H,19,21)/t13-,14-/m0/s1. The number of rotatable bonds is 7. The minimum atomic E-state index is -0.864. The molecule has 2 amide bonds. The van der Waals surface area contributed by atoms with Crippen LogP contribution in [-0.4, -0.2) is 37.0 Å². The number of halogens is 1. The third kappa shape index (κ3) is 6.06. The molecule has 0 aliphatic carbocycles. The monoisotopic (exact) mass is 324 g/mol.